The smallest absolute Gasteiger partial charge is 0.367 e. The van der Waals surface area contributed by atoms with Crippen LogP contribution in [-0.4, -0.2) is 37.9 Å². The number of nitrogens with zero attached hydrogens (tertiary/aromatic N) is 2. The molecule has 0 bridgehead atoms. The van der Waals surface area contributed by atoms with Gasteiger partial charge in [0, 0.05) is 14.1 Å². The first-order chi connectivity index (χ1) is 4.83. The summed E-state index contributed by atoms with van der Waals surface area (Å²) in [5.74, 6) is -0.164. The van der Waals surface area contributed by atoms with Crippen LogP contribution < -0.4 is 5.73 Å². The van der Waals surface area contributed by atoms with Crippen LogP contribution in [0, 0.1) is 0 Å². The van der Waals surface area contributed by atoms with Crippen LogP contribution in [0.4, 0.5) is 0 Å². The lowest BCUT2D eigenvalue weighted by Gasteiger charge is -2.07. The van der Waals surface area contributed by atoms with Gasteiger partial charge in [0.15, 0.2) is 0 Å². The van der Waals surface area contributed by atoms with Crippen LogP contribution >= 0.6 is 0 Å². The van der Waals surface area contributed by atoms with Crippen molar-refractivity contribution in [3.8, 4) is 0 Å². The molecule has 0 amide bonds. The first-order valence-electron chi connectivity index (χ1n) is 2.50. The van der Waals surface area contributed by atoms with Gasteiger partial charge in [-0.15, -0.1) is 0 Å². The van der Waals surface area contributed by atoms with Gasteiger partial charge in [-0.25, -0.2) is 4.28 Å². The number of rotatable bonds is 2. The first-order valence-corrected chi connectivity index (χ1v) is 3.86. The predicted molar refractivity (Wildman–Crippen MR) is 37.9 cm³/mol. The number of nitrogens with two attached hydrogens (primary N) is 1. The molecule has 0 fully saturated rings. The molecule has 0 unspecified atom stereocenters. The van der Waals surface area contributed by atoms with Crippen molar-refractivity contribution in [3.05, 3.63) is 0 Å². The molecule has 0 aliphatic carbocycles. The first kappa shape index (κ1) is 9.98. The van der Waals surface area contributed by atoms with Crippen LogP contribution in [0.15, 0.2) is 5.16 Å². The van der Waals surface area contributed by atoms with Gasteiger partial charge in [0.2, 0.25) is 5.96 Å². The molecule has 0 aromatic rings. The quantitative estimate of drug-likeness (QED) is 0.236. The topological polar surface area (TPSA) is 105 Å². The lowest BCUT2D eigenvalue weighted by molar-refractivity contribution is 0.277. The van der Waals surface area contributed by atoms with Crippen molar-refractivity contribution >= 4 is 16.4 Å². The zero-order valence-electron chi connectivity index (χ0n) is 6.05. The Morgan fingerprint density at radius 1 is 1.64 bits per heavy atom. The molecule has 0 saturated carbocycles. The Morgan fingerprint density at radius 2 is 2.09 bits per heavy atom. The monoisotopic (exact) mass is 183 g/mol. The van der Waals surface area contributed by atoms with E-state index in [0.717, 1.165) is 0 Å². The fourth-order valence-corrected chi connectivity index (χ4v) is 0.337. The summed E-state index contributed by atoms with van der Waals surface area (Å²) in [4.78, 5) is 1.31. The Morgan fingerprint density at radius 3 is 2.36 bits per heavy atom. The maximum atomic E-state index is 9.91. The van der Waals surface area contributed by atoms with E-state index in [-0.39, 0.29) is 5.96 Å². The summed E-state index contributed by atoms with van der Waals surface area (Å²) in [5.41, 5.74) is 5.10. The van der Waals surface area contributed by atoms with E-state index >= 15 is 0 Å². The van der Waals surface area contributed by atoms with Gasteiger partial charge < -0.3 is 10.6 Å². The van der Waals surface area contributed by atoms with Crippen LogP contribution in [0.25, 0.3) is 0 Å². The van der Waals surface area contributed by atoms with Crippen molar-refractivity contribution < 1.29 is 17.3 Å². The predicted octanol–water partition coefficient (Wildman–Crippen LogP) is -1.40. The third kappa shape index (κ3) is 5.43. The maximum absolute atomic E-state index is 9.91. The average molecular weight is 183 g/mol. The number of guanidine groups is 1. The molecule has 11 heavy (non-hydrogen) atoms. The van der Waals surface area contributed by atoms with Crippen molar-refractivity contribution in [2.45, 2.75) is 0 Å². The second-order valence-corrected chi connectivity index (χ2v) is 2.85. The van der Waals surface area contributed by atoms with Gasteiger partial charge in [-0.3, -0.25) is 4.55 Å². The Hall–Kier alpha value is -1.02. The normalized spacial score (nSPS) is 12.8. The third-order valence-electron chi connectivity index (χ3n) is 0.683. The average Bonchev–Trinajstić information content (AvgIpc) is 1.80. The Bertz CT molecular complexity index is 243. The lowest BCUT2D eigenvalue weighted by atomic mass is 10.8. The lowest BCUT2D eigenvalue weighted by Crippen LogP contribution is -2.30. The molecule has 0 aromatic carbocycles. The van der Waals surface area contributed by atoms with Crippen LogP contribution in [-0.2, 0) is 14.7 Å². The zero-order chi connectivity index (χ0) is 9.07. The van der Waals surface area contributed by atoms with Crippen molar-refractivity contribution in [2.24, 2.45) is 10.9 Å². The van der Waals surface area contributed by atoms with E-state index in [1.165, 1.54) is 19.0 Å². The summed E-state index contributed by atoms with van der Waals surface area (Å²) in [6, 6.07) is 0. The maximum Gasteiger partial charge on any atom is 0.466 e. The summed E-state index contributed by atoms with van der Waals surface area (Å²) in [5, 5.41) is 2.88. The van der Waals surface area contributed by atoms with Crippen molar-refractivity contribution in [3.63, 3.8) is 0 Å². The van der Waals surface area contributed by atoms with Gasteiger partial charge in [-0.1, -0.05) is 0 Å². The van der Waals surface area contributed by atoms with Crippen molar-refractivity contribution in [2.75, 3.05) is 14.1 Å². The highest BCUT2D eigenvalue weighted by atomic mass is 32.3. The molecule has 0 rings (SSSR count). The van der Waals surface area contributed by atoms with E-state index in [9.17, 15) is 8.42 Å². The molecule has 0 aliphatic rings. The molecule has 0 aliphatic heterocycles. The molecule has 8 heteroatoms. The van der Waals surface area contributed by atoms with E-state index in [0.29, 0.717) is 0 Å². The SMILES string of the molecule is CN(C)/C(N)=N/OS(=O)(=O)O. The molecule has 0 spiro atoms. The minimum absolute atomic E-state index is 0.164. The summed E-state index contributed by atoms with van der Waals surface area (Å²) >= 11 is 0. The summed E-state index contributed by atoms with van der Waals surface area (Å²) in [6.45, 7) is 0. The number of hydrogen-bond donors (Lipinski definition) is 2. The minimum Gasteiger partial charge on any atom is -0.367 e. The Balaban J connectivity index is 4.15. The van der Waals surface area contributed by atoms with Gasteiger partial charge in [-0.2, -0.15) is 8.42 Å². The molecule has 0 heterocycles. The van der Waals surface area contributed by atoms with Gasteiger partial charge >= 0.3 is 10.4 Å². The standard InChI is InChI=1S/C3H9N3O4S/c1-6(2)3(4)5-10-11(7,8)9/h1-2H3,(H2,4,5)(H,7,8,9). The van der Waals surface area contributed by atoms with E-state index < -0.39 is 10.4 Å². The van der Waals surface area contributed by atoms with E-state index in [1.54, 1.807) is 0 Å². The third-order valence-corrected chi connectivity index (χ3v) is 0.946. The molecule has 66 valence electrons. The van der Waals surface area contributed by atoms with E-state index in [1.807, 2.05) is 0 Å². The van der Waals surface area contributed by atoms with E-state index in [4.69, 9.17) is 10.3 Å². The van der Waals surface area contributed by atoms with Gasteiger partial charge in [0.25, 0.3) is 0 Å². The molecular formula is C3H9N3O4S. The van der Waals surface area contributed by atoms with Gasteiger partial charge in [0.05, 0.1) is 0 Å². The highest BCUT2D eigenvalue weighted by Crippen LogP contribution is 1.86. The molecule has 3 N–H and O–H groups in total. The van der Waals surface area contributed by atoms with Crippen molar-refractivity contribution in [1.82, 2.24) is 4.90 Å². The highest BCUT2D eigenvalue weighted by molar-refractivity contribution is 7.80. The molecular weight excluding hydrogens is 174 g/mol. The molecule has 7 nitrogen and oxygen atoms in total. The van der Waals surface area contributed by atoms with Crippen LogP contribution in [0.1, 0.15) is 0 Å². The molecule has 0 aromatic heterocycles. The molecule has 0 saturated heterocycles. The molecule has 0 atom stereocenters. The second kappa shape index (κ2) is 3.39. The summed E-state index contributed by atoms with van der Waals surface area (Å²) in [6.07, 6.45) is 0. The molecule has 0 radical (unpaired) electrons. The fourth-order valence-electron chi connectivity index (χ4n) is 0.167. The minimum atomic E-state index is -4.55. The van der Waals surface area contributed by atoms with Crippen LogP contribution in [0.2, 0.25) is 0 Å². The number of oxime groups is 1. The largest absolute Gasteiger partial charge is 0.466 e. The van der Waals surface area contributed by atoms with E-state index in [2.05, 4.69) is 9.44 Å². The highest BCUT2D eigenvalue weighted by Gasteiger charge is 2.03. The summed E-state index contributed by atoms with van der Waals surface area (Å²) in [7, 11) is -1.48. The van der Waals surface area contributed by atoms with Crippen LogP contribution in [0.3, 0.4) is 0 Å². The van der Waals surface area contributed by atoms with Gasteiger partial charge in [0.1, 0.15) is 0 Å². The fraction of sp³-hybridized carbons (Fsp3) is 0.667. The summed E-state index contributed by atoms with van der Waals surface area (Å²) < 4.78 is 31.4. The van der Waals surface area contributed by atoms with Crippen molar-refractivity contribution in [1.29, 1.82) is 0 Å². The van der Waals surface area contributed by atoms with Crippen LogP contribution in [0.5, 0.6) is 0 Å². The number of hydrogen-bond acceptors (Lipinski definition) is 4. The second-order valence-electron chi connectivity index (χ2n) is 1.85. The van der Waals surface area contributed by atoms with Gasteiger partial charge in [-0.05, 0) is 5.16 Å². The zero-order valence-corrected chi connectivity index (χ0v) is 6.87. The Kier molecular flexibility index (Phi) is 3.08. The Labute approximate surface area is 64.4 Å².